The van der Waals surface area contributed by atoms with Gasteiger partial charge in [0.25, 0.3) is 5.56 Å². The van der Waals surface area contributed by atoms with E-state index in [4.69, 9.17) is 4.74 Å². The number of anilines is 2. The molecule has 0 aliphatic carbocycles. The number of fused-ring (bicyclic) bond motifs is 3. The highest BCUT2D eigenvalue weighted by molar-refractivity contribution is 5.77. The van der Waals surface area contributed by atoms with Gasteiger partial charge in [-0.05, 0) is 31.2 Å². The van der Waals surface area contributed by atoms with E-state index in [1.54, 1.807) is 11.6 Å². The van der Waals surface area contributed by atoms with Crippen molar-refractivity contribution in [3.8, 4) is 5.75 Å². The van der Waals surface area contributed by atoms with Crippen LogP contribution in [0.2, 0.25) is 0 Å². The third-order valence-electron chi connectivity index (χ3n) is 4.47. The van der Waals surface area contributed by atoms with Crippen molar-refractivity contribution >= 4 is 22.8 Å². The van der Waals surface area contributed by atoms with Gasteiger partial charge in [-0.1, -0.05) is 0 Å². The Morgan fingerprint density at radius 2 is 2.00 bits per heavy atom. The van der Waals surface area contributed by atoms with Gasteiger partial charge in [0.05, 0.1) is 25.8 Å². The summed E-state index contributed by atoms with van der Waals surface area (Å²) < 4.78 is 8.41. The molecule has 0 amide bonds. The van der Waals surface area contributed by atoms with Crippen molar-refractivity contribution in [1.82, 2.24) is 19.1 Å². The van der Waals surface area contributed by atoms with Crippen LogP contribution in [0.25, 0.3) is 11.2 Å². The Bertz CT molecular complexity index is 1080. The second-order valence-electron chi connectivity index (χ2n) is 6.20. The predicted molar refractivity (Wildman–Crippen MR) is 96.2 cm³/mol. The average molecular weight is 357 g/mol. The van der Waals surface area contributed by atoms with Gasteiger partial charge in [-0.2, -0.15) is 4.98 Å². The number of benzene rings is 1. The molecule has 1 aromatic carbocycles. The number of H-pyrrole nitrogens is 1. The van der Waals surface area contributed by atoms with Crippen LogP contribution in [0.5, 0.6) is 5.75 Å². The van der Waals surface area contributed by atoms with Crippen molar-refractivity contribution < 1.29 is 9.84 Å². The number of aromatic nitrogens is 4. The maximum absolute atomic E-state index is 12.3. The maximum Gasteiger partial charge on any atom is 0.329 e. The highest BCUT2D eigenvalue weighted by atomic mass is 16.5. The van der Waals surface area contributed by atoms with Crippen molar-refractivity contribution in [2.24, 2.45) is 7.05 Å². The zero-order chi connectivity index (χ0) is 18.4. The SMILES string of the molecule is CCOc1ccc(N2C[C@@H](O)Cn3c2nc2c3c(=O)[nH]c(=O)n2C)cc1. The van der Waals surface area contributed by atoms with E-state index >= 15 is 0 Å². The van der Waals surface area contributed by atoms with Crippen molar-refractivity contribution in [3.63, 3.8) is 0 Å². The number of nitrogens with one attached hydrogen (secondary N) is 1. The fourth-order valence-electron chi connectivity index (χ4n) is 3.27. The average Bonchev–Trinajstić information content (AvgIpc) is 3.00. The van der Waals surface area contributed by atoms with Crippen LogP contribution >= 0.6 is 0 Å². The first kappa shape index (κ1) is 16.4. The summed E-state index contributed by atoms with van der Waals surface area (Å²) in [4.78, 5) is 32.8. The van der Waals surface area contributed by atoms with Gasteiger partial charge < -0.3 is 19.3 Å². The second kappa shape index (κ2) is 6.03. The number of imidazole rings is 1. The number of hydrogen-bond acceptors (Lipinski definition) is 6. The van der Waals surface area contributed by atoms with E-state index in [1.807, 2.05) is 36.1 Å². The highest BCUT2D eigenvalue weighted by Crippen LogP contribution is 2.31. The summed E-state index contributed by atoms with van der Waals surface area (Å²) >= 11 is 0. The maximum atomic E-state index is 12.3. The van der Waals surface area contributed by atoms with Gasteiger partial charge in [0, 0.05) is 12.7 Å². The van der Waals surface area contributed by atoms with Gasteiger partial charge in [-0.25, -0.2) is 4.79 Å². The van der Waals surface area contributed by atoms with Crippen molar-refractivity contribution in [3.05, 3.63) is 45.1 Å². The van der Waals surface area contributed by atoms with E-state index in [9.17, 15) is 14.7 Å². The Labute approximate surface area is 148 Å². The van der Waals surface area contributed by atoms with Gasteiger partial charge in [0.15, 0.2) is 11.2 Å². The standard InChI is InChI=1S/C17H19N5O4/c1-3-26-12-6-4-10(5-7-12)21-8-11(23)9-22-13-14(18-16(21)22)20(2)17(25)19-15(13)24/h4-7,11,23H,3,8-9H2,1-2H3,(H,19,24,25)/t11-/m1/s1. The summed E-state index contributed by atoms with van der Waals surface area (Å²) in [5.74, 6) is 1.27. The lowest BCUT2D eigenvalue weighted by Gasteiger charge is -2.32. The second-order valence-corrected chi connectivity index (χ2v) is 6.20. The van der Waals surface area contributed by atoms with E-state index in [1.165, 1.54) is 4.57 Å². The van der Waals surface area contributed by atoms with Gasteiger partial charge >= 0.3 is 5.69 Å². The molecule has 9 heteroatoms. The molecule has 1 aliphatic rings. The molecule has 0 spiro atoms. The highest BCUT2D eigenvalue weighted by Gasteiger charge is 2.29. The van der Waals surface area contributed by atoms with E-state index in [0.29, 0.717) is 24.7 Å². The Morgan fingerprint density at radius 1 is 1.27 bits per heavy atom. The minimum atomic E-state index is -0.678. The minimum Gasteiger partial charge on any atom is -0.494 e. The van der Waals surface area contributed by atoms with Crippen molar-refractivity contribution in [2.45, 2.75) is 19.6 Å². The van der Waals surface area contributed by atoms with Gasteiger partial charge in [-0.3, -0.25) is 14.3 Å². The van der Waals surface area contributed by atoms with Crippen LogP contribution < -0.4 is 20.9 Å². The summed E-state index contributed by atoms with van der Waals surface area (Å²) in [5.41, 5.74) is 0.342. The number of nitrogens with zero attached hydrogens (tertiary/aromatic N) is 4. The van der Waals surface area contributed by atoms with Crippen LogP contribution in [0, 0.1) is 0 Å². The molecule has 2 N–H and O–H groups in total. The van der Waals surface area contributed by atoms with Crippen LogP contribution in [-0.4, -0.2) is 43.5 Å². The van der Waals surface area contributed by atoms with E-state index in [-0.39, 0.29) is 12.1 Å². The fraction of sp³-hybridized carbons (Fsp3) is 0.353. The minimum absolute atomic E-state index is 0.237. The fourth-order valence-corrected chi connectivity index (χ4v) is 3.27. The number of rotatable bonds is 3. The van der Waals surface area contributed by atoms with Crippen LogP contribution in [0.3, 0.4) is 0 Å². The summed E-state index contributed by atoms with van der Waals surface area (Å²) in [5, 5.41) is 10.3. The van der Waals surface area contributed by atoms with Crippen LogP contribution in [-0.2, 0) is 13.6 Å². The Balaban J connectivity index is 1.89. The van der Waals surface area contributed by atoms with Gasteiger partial charge in [0.2, 0.25) is 5.95 Å². The predicted octanol–water partition coefficient (Wildman–Crippen LogP) is 0.335. The summed E-state index contributed by atoms with van der Waals surface area (Å²) in [6.07, 6.45) is -0.678. The molecule has 0 saturated heterocycles. The molecule has 1 aliphatic heterocycles. The number of β-amino-alcohol motifs (C(OH)–C–C–N with tert-alkyl or cyclic N) is 1. The zero-order valence-corrected chi connectivity index (χ0v) is 14.5. The Kier molecular flexibility index (Phi) is 3.80. The summed E-state index contributed by atoms with van der Waals surface area (Å²) in [6, 6.07) is 7.43. The molecular formula is C17H19N5O4. The van der Waals surface area contributed by atoms with Crippen LogP contribution in [0.15, 0.2) is 33.9 Å². The molecular weight excluding hydrogens is 338 g/mol. The number of aliphatic hydroxyl groups is 1. The van der Waals surface area contributed by atoms with Crippen molar-refractivity contribution in [2.75, 3.05) is 18.1 Å². The van der Waals surface area contributed by atoms with Gasteiger partial charge in [-0.15, -0.1) is 0 Å². The lowest BCUT2D eigenvalue weighted by atomic mass is 10.2. The summed E-state index contributed by atoms with van der Waals surface area (Å²) in [7, 11) is 1.55. The third kappa shape index (κ3) is 2.48. The van der Waals surface area contributed by atoms with E-state index in [0.717, 1.165) is 11.4 Å². The van der Waals surface area contributed by atoms with Crippen LogP contribution in [0.4, 0.5) is 11.6 Å². The molecule has 4 rings (SSSR count). The largest absolute Gasteiger partial charge is 0.494 e. The molecule has 0 fully saturated rings. The molecule has 0 radical (unpaired) electrons. The summed E-state index contributed by atoms with van der Waals surface area (Å²) in [6.45, 7) is 3.07. The first-order chi connectivity index (χ1) is 12.5. The normalized spacial score (nSPS) is 16.7. The molecule has 26 heavy (non-hydrogen) atoms. The molecule has 136 valence electrons. The topological polar surface area (TPSA) is 105 Å². The number of hydrogen-bond donors (Lipinski definition) is 2. The molecule has 1 atom stereocenters. The third-order valence-corrected chi connectivity index (χ3v) is 4.47. The lowest BCUT2D eigenvalue weighted by Crippen LogP contribution is -2.39. The van der Waals surface area contributed by atoms with Crippen molar-refractivity contribution in [1.29, 1.82) is 0 Å². The zero-order valence-electron chi connectivity index (χ0n) is 14.5. The quantitative estimate of drug-likeness (QED) is 0.700. The number of aliphatic hydroxyl groups excluding tert-OH is 1. The number of ether oxygens (including phenoxy) is 1. The monoisotopic (exact) mass is 357 g/mol. The lowest BCUT2D eigenvalue weighted by molar-refractivity contribution is 0.154. The molecule has 0 saturated carbocycles. The number of aryl methyl sites for hydroxylation is 1. The first-order valence-corrected chi connectivity index (χ1v) is 8.37. The molecule has 0 unspecified atom stereocenters. The smallest absolute Gasteiger partial charge is 0.329 e. The molecule has 0 bridgehead atoms. The Hall–Kier alpha value is -3.07. The first-order valence-electron chi connectivity index (χ1n) is 8.37. The van der Waals surface area contributed by atoms with E-state index < -0.39 is 17.4 Å². The molecule has 3 aromatic rings. The van der Waals surface area contributed by atoms with Crippen LogP contribution in [0.1, 0.15) is 6.92 Å². The molecule has 3 heterocycles. The number of aromatic amines is 1. The van der Waals surface area contributed by atoms with E-state index in [2.05, 4.69) is 9.97 Å². The molecule has 9 nitrogen and oxygen atoms in total. The molecule has 2 aromatic heterocycles. The Morgan fingerprint density at radius 3 is 2.69 bits per heavy atom. The van der Waals surface area contributed by atoms with Gasteiger partial charge in [0.1, 0.15) is 5.75 Å².